The maximum absolute atomic E-state index is 13.4. The molecule has 2 atom stereocenters. The van der Waals surface area contributed by atoms with Crippen molar-refractivity contribution in [2.45, 2.75) is 23.4 Å². The largest absolute Gasteiger partial charge is 0.494 e. The van der Waals surface area contributed by atoms with Crippen LogP contribution in [0.25, 0.3) is 11.4 Å². The molecule has 1 amide bonds. The molecule has 9 heteroatoms. The van der Waals surface area contributed by atoms with Crippen molar-refractivity contribution in [3.05, 3.63) is 89.4 Å². The number of ether oxygens (including phenoxy) is 1. The molecular weight excluding hydrogens is 470 g/mol. The van der Waals surface area contributed by atoms with Crippen LogP contribution in [0.4, 0.5) is 5.69 Å². The number of rotatable bonds is 6. The summed E-state index contributed by atoms with van der Waals surface area (Å²) in [5.74, 6) is 1.31. The topological polar surface area (TPSA) is 81.1 Å². The van der Waals surface area contributed by atoms with Crippen LogP contribution in [0.3, 0.4) is 0 Å². The zero-order valence-electron chi connectivity index (χ0n) is 18.3. The normalized spacial score (nSPS) is 16.9. The lowest BCUT2D eigenvalue weighted by molar-refractivity contribution is -0.116. The van der Waals surface area contributed by atoms with E-state index in [1.807, 2.05) is 72.3 Å². The fraction of sp³-hybridized carbons (Fsp3) is 0.160. The molecule has 0 fully saturated rings. The van der Waals surface area contributed by atoms with Gasteiger partial charge in [-0.1, -0.05) is 71.9 Å². The monoisotopic (exact) mass is 491 g/mol. The Kier molecular flexibility index (Phi) is 6.42. The lowest BCUT2D eigenvalue weighted by Gasteiger charge is -2.33. The van der Waals surface area contributed by atoms with Crippen LogP contribution >= 0.6 is 23.4 Å². The van der Waals surface area contributed by atoms with Crippen LogP contribution in [-0.4, -0.2) is 32.6 Å². The molecule has 34 heavy (non-hydrogen) atoms. The summed E-state index contributed by atoms with van der Waals surface area (Å²) in [6, 6.07) is 24.4. The SMILES string of the molecule is CCOc1ccc([C@H]2Nn3c(nnc3-c3ccccc3)S[C@H]2C(=O)Nc2cccc(Cl)c2)cc1. The van der Waals surface area contributed by atoms with Crippen molar-refractivity contribution >= 4 is 35.0 Å². The summed E-state index contributed by atoms with van der Waals surface area (Å²) in [6.45, 7) is 2.54. The fourth-order valence-corrected chi connectivity index (χ4v) is 5.07. The predicted molar refractivity (Wildman–Crippen MR) is 135 cm³/mol. The first kappa shape index (κ1) is 22.3. The lowest BCUT2D eigenvalue weighted by Crippen LogP contribution is -2.41. The van der Waals surface area contributed by atoms with Gasteiger partial charge in [-0.05, 0) is 42.8 Å². The molecule has 0 spiro atoms. The van der Waals surface area contributed by atoms with Gasteiger partial charge in [0.2, 0.25) is 11.1 Å². The Hall–Kier alpha value is -3.49. The van der Waals surface area contributed by atoms with Gasteiger partial charge < -0.3 is 15.5 Å². The minimum absolute atomic E-state index is 0.158. The van der Waals surface area contributed by atoms with Crippen molar-refractivity contribution in [1.29, 1.82) is 0 Å². The average molecular weight is 492 g/mol. The van der Waals surface area contributed by atoms with Crippen molar-refractivity contribution in [3.8, 4) is 17.1 Å². The van der Waals surface area contributed by atoms with E-state index in [1.54, 1.807) is 18.2 Å². The molecule has 7 nitrogen and oxygen atoms in total. The van der Waals surface area contributed by atoms with Crippen LogP contribution in [0, 0.1) is 0 Å². The number of aromatic nitrogens is 3. The number of hydrogen-bond acceptors (Lipinski definition) is 6. The van der Waals surface area contributed by atoms with Gasteiger partial charge in [-0.15, -0.1) is 10.2 Å². The molecule has 2 N–H and O–H groups in total. The first-order valence-corrected chi connectivity index (χ1v) is 12.1. The molecule has 0 unspecified atom stereocenters. The van der Waals surface area contributed by atoms with Gasteiger partial charge in [-0.25, -0.2) is 4.68 Å². The van der Waals surface area contributed by atoms with Gasteiger partial charge in [0.1, 0.15) is 11.0 Å². The molecule has 0 radical (unpaired) electrons. The smallest absolute Gasteiger partial charge is 0.240 e. The van der Waals surface area contributed by atoms with Gasteiger partial charge in [0.25, 0.3) is 0 Å². The van der Waals surface area contributed by atoms with E-state index in [0.29, 0.717) is 28.3 Å². The second-order valence-electron chi connectivity index (χ2n) is 7.65. The highest BCUT2D eigenvalue weighted by Crippen LogP contribution is 2.39. The molecule has 5 rings (SSSR count). The molecule has 0 saturated heterocycles. The van der Waals surface area contributed by atoms with Gasteiger partial charge >= 0.3 is 0 Å². The number of amides is 1. The zero-order chi connectivity index (χ0) is 23.5. The number of thioether (sulfide) groups is 1. The molecule has 0 saturated carbocycles. The maximum atomic E-state index is 13.4. The zero-order valence-corrected chi connectivity index (χ0v) is 19.9. The summed E-state index contributed by atoms with van der Waals surface area (Å²) in [5.41, 5.74) is 6.00. The van der Waals surface area contributed by atoms with Crippen molar-refractivity contribution in [1.82, 2.24) is 14.9 Å². The van der Waals surface area contributed by atoms with Crippen LogP contribution in [0.1, 0.15) is 18.5 Å². The van der Waals surface area contributed by atoms with E-state index in [9.17, 15) is 4.79 Å². The second-order valence-corrected chi connectivity index (χ2v) is 9.20. The summed E-state index contributed by atoms with van der Waals surface area (Å²) in [7, 11) is 0. The third kappa shape index (κ3) is 4.60. The highest BCUT2D eigenvalue weighted by Gasteiger charge is 2.38. The number of benzene rings is 3. The first-order chi connectivity index (χ1) is 16.6. The molecule has 2 heterocycles. The molecule has 4 aromatic rings. The molecule has 1 aliphatic rings. The molecule has 1 aromatic heterocycles. The summed E-state index contributed by atoms with van der Waals surface area (Å²) in [4.78, 5) is 13.4. The Balaban J connectivity index is 1.50. The quantitative estimate of drug-likeness (QED) is 0.376. The van der Waals surface area contributed by atoms with Crippen molar-refractivity contribution in [3.63, 3.8) is 0 Å². The molecule has 172 valence electrons. The Morgan fingerprint density at radius 2 is 1.88 bits per heavy atom. The number of halogens is 1. The van der Waals surface area contributed by atoms with Crippen LogP contribution in [-0.2, 0) is 4.79 Å². The third-order valence-electron chi connectivity index (χ3n) is 5.37. The van der Waals surface area contributed by atoms with Gasteiger partial charge in [-0.3, -0.25) is 4.79 Å². The number of carbonyl (C=O) groups is 1. The summed E-state index contributed by atoms with van der Waals surface area (Å²) < 4.78 is 7.44. The maximum Gasteiger partial charge on any atom is 0.240 e. The Morgan fingerprint density at radius 3 is 2.62 bits per heavy atom. The summed E-state index contributed by atoms with van der Waals surface area (Å²) >= 11 is 7.48. The number of hydrogen-bond donors (Lipinski definition) is 2. The minimum atomic E-state index is -0.503. The Bertz CT molecular complexity index is 1300. The van der Waals surface area contributed by atoms with Crippen LogP contribution in [0.2, 0.25) is 5.02 Å². The van der Waals surface area contributed by atoms with Gasteiger partial charge in [0, 0.05) is 16.3 Å². The lowest BCUT2D eigenvalue weighted by atomic mass is 10.0. The van der Waals surface area contributed by atoms with Crippen LogP contribution < -0.4 is 15.5 Å². The number of carbonyl (C=O) groups excluding carboxylic acids is 1. The summed E-state index contributed by atoms with van der Waals surface area (Å²) in [6.07, 6.45) is 0. The first-order valence-electron chi connectivity index (χ1n) is 10.9. The average Bonchev–Trinajstić information content (AvgIpc) is 3.27. The van der Waals surface area contributed by atoms with Crippen molar-refractivity contribution < 1.29 is 9.53 Å². The molecule has 3 aromatic carbocycles. The Labute approximate surface area is 206 Å². The van der Waals surface area contributed by atoms with Crippen molar-refractivity contribution in [2.75, 3.05) is 17.3 Å². The van der Waals surface area contributed by atoms with E-state index in [4.69, 9.17) is 16.3 Å². The molecule has 0 aliphatic carbocycles. The number of nitrogens with zero attached hydrogens (tertiary/aromatic N) is 3. The standard InChI is InChI=1S/C25H22ClN5O2S/c1-2-33-20-13-11-16(12-14-20)21-22(24(32)27-19-10-6-9-18(26)15-19)34-25-29-28-23(31(25)30-21)17-7-4-3-5-8-17/h3-15,21-22,30H,2H2,1H3,(H,27,32)/t21-,22-/m1/s1. The fourth-order valence-electron chi connectivity index (χ4n) is 3.80. The minimum Gasteiger partial charge on any atom is -0.494 e. The molecule has 0 bridgehead atoms. The van der Waals surface area contributed by atoms with E-state index in [0.717, 1.165) is 16.9 Å². The second kappa shape index (κ2) is 9.79. The summed E-state index contributed by atoms with van der Waals surface area (Å²) in [5, 5.41) is 12.4. The predicted octanol–water partition coefficient (Wildman–Crippen LogP) is 5.40. The van der Waals surface area contributed by atoms with Crippen LogP contribution in [0.15, 0.2) is 84.0 Å². The van der Waals surface area contributed by atoms with Gasteiger partial charge in [0.05, 0.1) is 12.6 Å². The molecular formula is C25H22ClN5O2S. The highest BCUT2D eigenvalue weighted by atomic mass is 35.5. The van der Waals surface area contributed by atoms with E-state index < -0.39 is 5.25 Å². The number of fused-ring (bicyclic) bond motifs is 1. The third-order valence-corrected chi connectivity index (χ3v) is 6.82. The van der Waals surface area contributed by atoms with Crippen molar-refractivity contribution in [2.24, 2.45) is 0 Å². The number of anilines is 1. The van der Waals surface area contributed by atoms with E-state index in [1.165, 1.54) is 11.8 Å². The van der Waals surface area contributed by atoms with E-state index in [-0.39, 0.29) is 11.9 Å². The van der Waals surface area contributed by atoms with Crippen LogP contribution in [0.5, 0.6) is 5.75 Å². The van der Waals surface area contributed by atoms with Gasteiger partial charge in [-0.2, -0.15) is 0 Å². The highest BCUT2D eigenvalue weighted by molar-refractivity contribution is 8.00. The number of nitrogens with one attached hydrogen (secondary N) is 2. The van der Waals surface area contributed by atoms with Gasteiger partial charge in [0.15, 0.2) is 5.82 Å². The Morgan fingerprint density at radius 1 is 1.09 bits per heavy atom. The van der Waals surface area contributed by atoms with E-state index >= 15 is 0 Å². The van der Waals surface area contributed by atoms with E-state index in [2.05, 4.69) is 20.9 Å². The molecule has 1 aliphatic heterocycles.